The van der Waals surface area contributed by atoms with Gasteiger partial charge in [-0.1, -0.05) is 43.6 Å². The van der Waals surface area contributed by atoms with E-state index in [2.05, 4.69) is 5.32 Å². The Morgan fingerprint density at radius 2 is 1.79 bits per heavy atom. The van der Waals surface area contributed by atoms with Crippen LogP contribution in [0.2, 0.25) is 5.02 Å². The molecule has 0 aromatic heterocycles. The normalized spacial score (nSPS) is 20.0. The number of hydrogen-bond acceptors (Lipinski definition) is 6. The van der Waals surface area contributed by atoms with Crippen LogP contribution in [0, 0.1) is 0 Å². The molecule has 2 aliphatic rings. The second-order valence-corrected chi connectivity index (χ2v) is 10.4. The average molecular weight is 538 g/mol. The standard InChI is InChI=1S/C31H36ClNO5/c1-6-14-37-26-13-10-21(17-27(26)36-5)29-28(31(35)38-18(3)7-2)19(4)33-24-15-22(16-25(34)30(24)29)20-8-11-23(32)12-9-20/h8-13,17-18,22,29,33H,6-7,14-16H2,1-5H3/t18-,22+,29-/m0/s1. The number of nitrogens with one attached hydrogen (secondary N) is 1. The van der Waals surface area contributed by atoms with Crippen molar-refractivity contribution in [3.8, 4) is 11.5 Å². The molecule has 0 radical (unpaired) electrons. The Morgan fingerprint density at radius 1 is 1.08 bits per heavy atom. The second kappa shape index (κ2) is 12.1. The van der Waals surface area contributed by atoms with E-state index in [0.717, 1.165) is 23.2 Å². The van der Waals surface area contributed by atoms with Crippen LogP contribution in [0.5, 0.6) is 11.5 Å². The summed E-state index contributed by atoms with van der Waals surface area (Å²) in [4.78, 5) is 27.3. The second-order valence-electron chi connectivity index (χ2n) is 9.95. The van der Waals surface area contributed by atoms with E-state index in [4.69, 9.17) is 25.8 Å². The van der Waals surface area contributed by atoms with E-state index in [-0.39, 0.29) is 17.8 Å². The Hall–Kier alpha value is -3.25. The fraction of sp³-hybridized carbons (Fsp3) is 0.419. The van der Waals surface area contributed by atoms with Crippen molar-refractivity contribution in [3.05, 3.63) is 81.2 Å². The highest BCUT2D eigenvalue weighted by Crippen LogP contribution is 2.47. The lowest BCUT2D eigenvalue weighted by Crippen LogP contribution is -2.36. The summed E-state index contributed by atoms with van der Waals surface area (Å²) >= 11 is 6.09. The van der Waals surface area contributed by atoms with E-state index in [1.807, 2.05) is 70.2 Å². The van der Waals surface area contributed by atoms with E-state index in [1.54, 1.807) is 7.11 Å². The first-order valence-corrected chi connectivity index (χ1v) is 13.7. The summed E-state index contributed by atoms with van der Waals surface area (Å²) in [5, 5.41) is 4.07. The summed E-state index contributed by atoms with van der Waals surface area (Å²) in [5.74, 6) is 0.229. The molecule has 2 aromatic carbocycles. The molecule has 2 aromatic rings. The lowest BCUT2D eigenvalue weighted by atomic mass is 9.71. The number of methoxy groups -OCH3 is 1. The van der Waals surface area contributed by atoms with Crippen molar-refractivity contribution in [1.82, 2.24) is 5.32 Å². The minimum Gasteiger partial charge on any atom is -0.493 e. The molecular weight excluding hydrogens is 502 g/mol. The summed E-state index contributed by atoms with van der Waals surface area (Å²) in [6.45, 7) is 8.32. The molecule has 0 spiro atoms. The Bertz CT molecular complexity index is 1260. The number of carbonyl (C=O) groups excluding carboxylic acids is 2. The summed E-state index contributed by atoms with van der Waals surface area (Å²) in [6.07, 6.45) is 2.32. The predicted molar refractivity (Wildman–Crippen MR) is 149 cm³/mol. The van der Waals surface area contributed by atoms with Gasteiger partial charge >= 0.3 is 5.97 Å². The third-order valence-electron chi connectivity index (χ3n) is 7.25. The van der Waals surface area contributed by atoms with Crippen LogP contribution in [-0.4, -0.2) is 31.6 Å². The molecule has 0 unspecified atom stereocenters. The molecule has 4 rings (SSSR count). The molecule has 0 saturated carbocycles. The number of benzene rings is 2. The largest absolute Gasteiger partial charge is 0.493 e. The van der Waals surface area contributed by atoms with Crippen LogP contribution >= 0.6 is 11.6 Å². The zero-order chi connectivity index (χ0) is 27.4. The maximum atomic E-state index is 13.8. The summed E-state index contributed by atoms with van der Waals surface area (Å²) in [6, 6.07) is 13.3. The van der Waals surface area contributed by atoms with Crippen molar-refractivity contribution in [2.24, 2.45) is 0 Å². The molecule has 3 atom stereocenters. The zero-order valence-corrected chi connectivity index (χ0v) is 23.5. The molecule has 7 heteroatoms. The van der Waals surface area contributed by atoms with Gasteiger partial charge in [-0.15, -0.1) is 0 Å². The van der Waals surface area contributed by atoms with Crippen molar-refractivity contribution in [3.63, 3.8) is 0 Å². The van der Waals surface area contributed by atoms with Crippen molar-refractivity contribution in [1.29, 1.82) is 0 Å². The number of ketones is 1. The molecule has 0 fully saturated rings. The average Bonchev–Trinajstić information content (AvgIpc) is 2.91. The molecule has 202 valence electrons. The maximum absolute atomic E-state index is 13.8. The molecule has 0 bridgehead atoms. The van der Waals surface area contributed by atoms with Crippen LogP contribution in [0.1, 0.15) is 76.3 Å². The van der Waals surface area contributed by atoms with Crippen LogP contribution in [0.15, 0.2) is 65.0 Å². The van der Waals surface area contributed by atoms with Gasteiger partial charge in [0, 0.05) is 34.3 Å². The van der Waals surface area contributed by atoms with Gasteiger partial charge in [-0.05, 0) is 74.4 Å². The van der Waals surface area contributed by atoms with Crippen LogP contribution < -0.4 is 14.8 Å². The zero-order valence-electron chi connectivity index (χ0n) is 22.7. The first-order valence-electron chi connectivity index (χ1n) is 13.3. The lowest BCUT2D eigenvalue weighted by molar-refractivity contribution is -0.144. The van der Waals surface area contributed by atoms with Gasteiger partial charge in [0.2, 0.25) is 0 Å². The molecule has 38 heavy (non-hydrogen) atoms. The molecule has 0 amide bonds. The fourth-order valence-corrected chi connectivity index (χ4v) is 5.26. The third-order valence-corrected chi connectivity index (χ3v) is 7.51. The predicted octanol–water partition coefficient (Wildman–Crippen LogP) is 6.84. The topological polar surface area (TPSA) is 73.9 Å². The van der Waals surface area contributed by atoms with Gasteiger partial charge in [0.15, 0.2) is 17.3 Å². The van der Waals surface area contributed by atoms with Gasteiger partial charge in [-0.25, -0.2) is 4.79 Å². The van der Waals surface area contributed by atoms with E-state index in [1.165, 1.54) is 0 Å². The van der Waals surface area contributed by atoms with Gasteiger partial charge in [-0.3, -0.25) is 4.79 Å². The van der Waals surface area contributed by atoms with Gasteiger partial charge in [0.05, 0.1) is 25.4 Å². The van der Waals surface area contributed by atoms with Crippen LogP contribution in [-0.2, 0) is 14.3 Å². The summed E-state index contributed by atoms with van der Waals surface area (Å²) < 4.78 is 17.3. The van der Waals surface area contributed by atoms with Crippen LogP contribution in [0.3, 0.4) is 0 Å². The number of dihydropyridines is 1. The molecule has 1 aliphatic heterocycles. The van der Waals surface area contributed by atoms with Crippen LogP contribution in [0.4, 0.5) is 0 Å². The molecule has 1 aliphatic carbocycles. The van der Waals surface area contributed by atoms with Gasteiger partial charge < -0.3 is 19.5 Å². The number of ether oxygens (including phenoxy) is 3. The van der Waals surface area contributed by atoms with Crippen molar-refractivity contribution >= 4 is 23.4 Å². The lowest BCUT2D eigenvalue weighted by Gasteiger charge is -2.37. The van der Waals surface area contributed by atoms with Crippen LogP contribution in [0.25, 0.3) is 0 Å². The number of esters is 1. The number of rotatable bonds is 9. The first-order chi connectivity index (χ1) is 18.3. The fourth-order valence-electron chi connectivity index (χ4n) is 5.14. The SMILES string of the molecule is CCCOc1ccc([C@H]2C(C(=O)O[C@@H](C)CC)=C(C)NC3=C2C(=O)C[C@H](c2ccc(Cl)cc2)C3)cc1OC. The van der Waals surface area contributed by atoms with Gasteiger partial charge in [0.1, 0.15) is 0 Å². The van der Waals surface area contributed by atoms with E-state index in [0.29, 0.717) is 59.2 Å². The molecule has 1 heterocycles. The maximum Gasteiger partial charge on any atom is 0.337 e. The van der Waals surface area contributed by atoms with E-state index in [9.17, 15) is 9.59 Å². The van der Waals surface area contributed by atoms with Gasteiger partial charge in [-0.2, -0.15) is 0 Å². The monoisotopic (exact) mass is 537 g/mol. The van der Waals surface area contributed by atoms with E-state index < -0.39 is 11.9 Å². The number of carbonyl (C=O) groups is 2. The van der Waals surface area contributed by atoms with Crippen molar-refractivity contribution in [2.75, 3.05) is 13.7 Å². The highest BCUT2D eigenvalue weighted by atomic mass is 35.5. The minimum atomic E-state index is -0.574. The van der Waals surface area contributed by atoms with Gasteiger partial charge in [0.25, 0.3) is 0 Å². The Balaban J connectivity index is 1.79. The minimum absolute atomic E-state index is 0.00955. The number of allylic oxidation sites excluding steroid dienone is 3. The smallest absolute Gasteiger partial charge is 0.337 e. The highest BCUT2D eigenvalue weighted by molar-refractivity contribution is 6.30. The highest BCUT2D eigenvalue weighted by Gasteiger charge is 2.42. The first kappa shape index (κ1) is 27.8. The Kier molecular flexibility index (Phi) is 8.83. The Morgan fingerprint density at radius 3 is 2.45 bits per heavy atom. The number of Topliss-reactive ketones (excluding diaryl/α,β-unsaturated/α-hetero) is 1. The quantitative estimate of drug-likeness (QED) is 0.353. The number of hydrogen-bond donors (Lipinski definition) is 1. The molecule has 0 saturated heterocycles. The summed E-state index contributed by atoms with van der Waals surface area (Å²) in [5.41, 5.74) is 4.45. The van der Waals surface area contributed by atoms with E-state index >= 15 is 0 Å². The molecular formula is C31H36ClNO5. The third kappa shape index (κ3) is 5.75. The summed E-state index contributed by atoms with van der Waals surface area (Å²) in [7, 11) is 1.59. The van der Waals surface area contributed by atoms with Crippen molar-refractivity contribution < 1.29 is 23.8 Å². The molecule has 1 N–H and O–H groups in total. The Labute approximate surface area is 230 Å². The van der Waals surface area contributed by atoms with Crippen molar-refractivity contribution in [2.45, 2.75) is 71.3 Å². The number of halogens is 1. The molecule has 6 nitrogen and oxygen atoms in total.